The summed E-state index contributed by atoms with van der Waals surface area (Å²) in [5, 5.41) is 2.94. The van der Waals surface area contributed by atoms with Gasteiger partial charge in [0.2, 0.25) is 0 Å². The highest BCUT2D eigenvalue weighted by molar-refractivity contribution is 5.44. The zero-order valence-electron chi connectivity index (χ0n) is 11.8. The van der Waals surface area contributed by atoms with Gasteiger partial charge >= 0.3 is 0 Å². The molecule has 1 heterocycles. The van der Waals surface area contributed by atoms with E-state index in [2.05, 4.69) is 48.2 Å². The summed E-state index contributed by atoms with van der Waals surface area (Å²) in [6.45, 7) is 6.65. The second-order valence-corrected chi connectivity index (χ2v) is 4.59. The van der Waals surface area contributed by atoms with E-state index in [4.69, 9.17) is 4.74 Å². The lowest BCUT2D eigenvalue weighted by molar-refractivity contribution is 0.296. The van der Waals surface area contributed by atoms with Crippen molar-refractivity contribution in [1.29, 1.82) is 0 Å². The van der Waals surface area contributed by atoms with Gasteiger partial charge in [-0.2, -0.15) is 0 Å². The van der Waals surface area contributed by atoms with E-state index in [-0.39, 0.29) is 0 Å². The van der Waals surface area contributed by atoms with E-state index in [0.29, 0.717) is 6.61 Å². The molecule has 4 nitrogen and oxygen atoms in total. The molecule has 2 aromatic rings. The summed E-state index contributed by atoms with van der Waals surface area (Å²) in [6.07, 6.45) is 3.43. The minimum Gasteiger partial charge on any atom is -0.487 e. The number of benzene rings is 1. The van der Waals surface area contributed by atoms with Gasteiger partial charge in [-0.05, 0) is 37.5 Å². The summed E-state index contributed by atoms with van der Waals surface area (Å²) in [7, 11) is 1.82. The molecule has 1 aromatic carbocycles. The number of aromatic nitrogens is 2. The summed E-state index contributed by atoms with van der Waals surface area (Å²) in [5.74, 6) is 1.70. The van der Waals surface area contributed by atoms with E-state index in [1.165, 1.54) is 11.1 Å². The van der Waals surface area contributed by atoms with Gasteiger partial charge < -0.3 is 10.1 Å². The van der Waals surface area contributed by atoms with Gasteiger partial charge in [-0.1, -0.05) is 12.1 Å². The first-order valence-electron chi connectivity index (χ1n) is 6.30. The molecule has 0 saturated carbocycles. The van der Waals surface area contributed by atoms with Crippen molar-refractivity contribution in [1.82, 2.24) is 9.97 Å². The number of ether oxygens (including phenoxy) is 1. The molecule has 2 rings (SSSR count). The Bertz CT molecular complexity index is 564. The molecule has 0 aliphatic heterocycles. The zero-order chi connectivity index (χ0) is 13.8. The normalized spacial score (nSPS) is 10.3. The molecule has 100 valence electrons. The van der Waals surface area contributed by atoms with Crippen molar-refractivity contribution in [2.75, 3.05) is 12.4 Å². The quantitative estimate of drug-likeness (QED) is 0.914. The number of nitrogens with one attached hydrogen (secondary N) is 1. The van der Waals surface area contributed by atoms with Gasteiger partial charge in [-0.25, -0.2) is 4.98 Å². The number of hydrogen-bond acceptors (Lipinski definition) is 4. The Labute approximate surface area is 113 Å². The molecule has 4 heteroatoms. The maximum Gasteiger partial charge on any atom is 0.144 e. The van der Waals surface area contributed by atoms with Crippen LogP contribution < -0.4 is 10.1 Å². The predicted octanol–water partition coefficient (Wildman–Crippen LogP) is 3.02. The zero-order valence-corrected chi connectivity index (χ0v) is 11.8. The van der Waals surface area contributed by atoms with Gasteiger partial charge in [0.15, 0.2) is 0 Å². The lowest BCUT2D eigenvalue weighted by Crippen LogP contribution is -2.03. The molecule has 0 fully saturated rings. The Hall–Kier alpha value is -2.10. The van der Waals surface area contributed by atoms with Gasteiger partial charge in [0.1, 0.15) is 18.2 Å². The summed E-state index contributed by atoms with van der Waals surface area (Å²) in [6, 6.07) is 4.19. The molecule has 0 atom stereocenters. The highest BCUT2D eigenvalue weighted by atomic mass is 16.5. The van der Waals surface area contributed by atoms with Gasteiger partial charge in [0.25, 0.3) is 0 Å². The van der Waals surface area contributed by atoms with Crippen LogP contribution in [0.3, 0.4) is 0 Å². The molecule has 0 unspecified atom stereocenters. The van der Waals surface area contributed by atoms with Crippen molar-refractivity contribution in [3.63, 3.8) is 0 Å². The lowest BCUT2D eigenvalue weighted by Gasteiger charge is -2.13. The number of aryl methyl sites for hydroxylation is 2. The van der Waals surface area contributed by atoms with Crippen molar-refractivity contribution in [3.05, 3.63) is 46.9 Å². The van der Waals surface area contributed by atoms with Crippen LogP contribution in [-0.2, 0) is 6.61 Å². The molecule has 0 aliphatic rings. The van der Waals surface area contributed by atoms with Crippen molar-refractivity contribution >= 4 is 5.82 Å². The van der Waals surface area contributed by atoms with E-state index < -0.39 is 0 Å². The molecule has 0 saturated heterocycles. The Morgan fingerprint density at radius 3 is 2.42 bits per heavy atom. The van der Waals surface area contributed by atoms with Crippen LogP contribution in [0.2, 0.25) is 0 Å². The third-order valence-electron chi connectivity index (χ3n) is 3.20. The largest absolute Gasteiger partial charge is 0.487 e. The molecule has 0 aliphatic carbocycles. The maximum atomic E-state index is 5.89. The number of nitrogens with zero attached hydrogens (tertiary/aromatic N) is 2. The summed E-state index contributed by atoms with van der Waals surface area (Å²) >= 11 is 0. The van der Waals surface area contributed by atoms with Crippen molar-refractivity contribution in [3.8, 4) is 5.75 Å². The Morgan fingerprint density at radius 2 is 1.79 bits per heavy atom. The molecule has 0 radical (unpaired) electrons. The van der Waals surface area contributed by atoms with E-state index in [1.54, 1.807) is 12.4 Å². The van der Waals surface area contributed by atoms with Crippen molar-refractivity contribution < 1.29 is 4.74 Å². The summed E-state index contributed by atoms with van der Waals surface area (Å²) in [4.78, 5) is 8.51. The van der Waals surface area contributed by atoms with Crippen LogP contribution in [0.25, 0.3) is 0 Å². The predicted molar refractivity (Wildman–Crippen MR) is 76.6 cm³/mol. The fourth-order valence-electron chi connectivity index (χ4n) is 1.85. The molecule has 0 amide bonds. The van der Waals surface area contributed by atoms with E-state index in [9.17, 15) is 0 Å². The summed E-state index contributed by atoms with van der Waals surface area (Å²) in [5.41, 5.74) is 4.37. The highest BCUT2D eigenvalue weighted by Crippen LogP contribution is 2.26. The van der Waals surface area contributed by atoms with Crippen LogP contribution in [0.4, 0.5) is 5.82 Å². The van der Waals surface area contributed by atoms with Crippen LogP contribution in [-0.4, -0.2) is 17.0 Å². The average molecular weight is 257 g/mol. The minimum absolute atomic E-state index is 0.433. The Morgan fingerprint density at radius 1 is 1.05 bits per heavy atom. The number of rotatable bonds is 4. The number of anilines is 1. The van der Waals surface area contributed by atoms with Crippen LogP contribution in [0.1, 0.15) is 22.4 Å². The van der Waals surface area contributed by atoms with Crippen molar-refractivity contribution in [2.24, 2.45) is 0 Å². The summed E-state index contributed by atoms with van der Waals surface area (Å²) < 4.78 is 5.89. The minimum atomic E-state index is 0.433. The third kappa shape index (κ3) is 3.02. The maximum absolute atomic E-state index is 5.89. The monoisotopic (exact) mass is 257 g/mol. The standard InChI is InChI=1S/C15H19N3O/c1-10-5-6-11(2)15(12(10)3)19-9-13-7-18-14(16-4)8-17-13/h5-8H,9H2,1-4H3,(H,16,18). The Kier molecular flexibility index (Phi) is 4.00. The molecule has 1 N–H and O–H groups in total. The fraction of sp³-hybridized carbons (Fsp3) is 0.333. The van der Waals surface area contributed by atoms with Gasteiger partial charge in [0.05, 0.1) is 18.1 Å². The number of hydrogen-bond donors (Lipinski definition) is 1. The third-order valence-corrected chi connectivity index (χ3v) is 3.20. The van der Waals surface area contributed by atoms with Gasteiger partial charge in [0, 0.05) is 7.05 Å². The molecule has 0 bridgehead atoms. The van der Waals surface area contributed by atoms with Gasteiger partial charge in [-0.3, -0.25) is 4.98 Å². The van der Waals surface area contributed by atoms with Crippen LogP contribution in [0.15, 0.2) is 24.5 Å². The van der Waals surface area contributed by atoms with E-state index in [1.807, 2.05) is 7.05 Å². The van der Waals surface area contributed by atoms with Gasteiger partial charge in [-0.15, -0.1) is 0 Å². The fourth-order valence-corrected chi connectivity index (χ4v) is 1.85. The first kappa shape index (κ1) is 13.3. The van der Waals surface area contributed by atoms with E-state index in [0.717, 1.165) is 22.8 Å². The first-order chi connectivity index (χ1) is 9.11. The second kappa shape index (κ2) is 5.69. The SMILES string of the molecule is CNc1cnc(COc2c(C)ccc(C)c2C)cn1. The molecule has 19 heavy (non-hydrogen) atoms. The van der Waals surface area contributed by atoms with Crippen LogP contribution >= 0.6 is 0 Å². The Balaban J connectivity index is 2.12. The lowest BCUT2D eigenvalue weighted by atomic mass is 10.1. The highest BCUT2D eigenvalue weighted by Gasteiger charge is 2.07. The van der Waals surface area contributed by atoms with Crippen LogP contribution in [0.5, 0.6) is 5.75 Å². The first-order valence-corrected chi connectivity index (χ1v) is 6.30. The van der Waals surface area contributed by atoms with Crippen LogP contribution in [0, 0.1) is 20.8 Å². The molecular formula is C15H19N3O. The second-order valence-electron chi connectivity index (χ2n) is 4.59. The van der Waals surface area contributed by atoms with E-state index >= 15 is 0 Å². The molecule has 0 spiro atoms. The molecular weight excluding hydrogens is 238 g/mol. The average Bonchev–Trinajstić information content (AvgIpc) is 2.44. The smallest absolute Gasteiger partial charge is 0.144 e. The van der Waals surface area contributed by atoms with Crippen molar-refractivity contribution in [2.45, 2.75) is 27.4 Å². The molecule has 1 aromatic heterocycles. The topological polar surface area (TPSA) is 47.0 Å².